The van der Waals surface area contributed by atoms with E-state index in [2.05, 4.69) is 15.0 Å². The highest BCUT2D eigenvalue weighted by Gasteiger charge is 2.28. The summed E-state index contributed by atoms with van der Waals surface area (Å²) in [5.41, 5.74) is 0.829. The standard InChI is InChI=1S/C14H18N4O4S2/c1-24(20,21)15-8-10-9-22-7-6-18(10)14(19)17-13-16-11-4-2-3-5-12(11)23-13/h2-5,10,15H,6-9H2,1H3,(H,16,17,19)/t10-/m0/s1. The van der Waals surface area contributed by atoms with E-state index in [9.17, 15) is 13.2 Å². The van der Waals surface area contributed by atoms with Gasteiger partial charge < -0.3 is 9.64 Å². The number of amides is 2. The van der Waals surface area contributed by atoms with Crippen LogP contribution in [0.1, 0.15) is 0 Å². The maximum Gasteiger partial charge on any atom is 0.324 e. The van der Waals surface area contributed by atoms with Gasteiger partial charge in [0.05, 0.1) is 35.7 Å². The Morgan fingerprint density at radius 2 is 2.25 bits per heavy atom. The number of thiazole rings is 1. The van der Waals surface area contributed by atoms with Crippen LogP contribution < -0.4 is 10.0 Å². The first kappa shape index (κ1) is 17.1. The van der Waals surface area contributed by atoms with Gasteiger partial charge in [0.2, 0.25) is 10.0 Å². The lowest BCUT2D eigenvalue weighted by Crippen LogP contribution is -2.54. The Labute approximate surface area is 143 Å². The quantitative estimate of drug-likeness (QED) is 0.839. The smallest absolute Gasteiger partial charge is 0.324 e. The third-order valence-electron chi connectivity index (χ3n) is 3.58. The molecule has 2 N–H and O–H groups in total. The van der Waals surface area contributed by atoms with Gasteiger partial charge >= 0.3 is 6.03 Å². The molecule has 3 rings (SSSR count). The molecule has 1 aromatic carbocycles. The largest absolute Gasteiger partial charge is 0.377 e. The molecule has 0 saturated carbocycles. The number of urea groups is 1. The Hall–Kier alpha value is -1.75. The first-order valence-corrected chi connectivity index (χ1v) is 10.1. The first-order valence-electron chi connectivity index (χ1n) is 7.38. The van der Waals surface area contributed by atoms with Crippen molar-refractivity contribution in [3.8, 4) is 0 Å². The highest BCUT2D eigenvalue weighted by Crippen LogP contribution is 2.25. The lowest BCUT2D eigenvalue weighted by atomic mass is 10.2. The summed E-state index contributed by atoms with van der Waals surface area (Å²) >= 11 is 1.40. The molecule has 1 aromatic heterocycles. The predicted octanol–water partition coefficient (Wildman–Crippen LogP) is 1.08. The second-order valence-electron chi connectivity index (χ2n) is 5.46. The summed E-state index contributed by atoms with van der Waals surface area (Å²) in [4.78, 5) is 18.5. The van der Waals surface area contributed by atoms with E-state index in [4.69, 9.17) is 4.74 Å². The normalized spacial score (nSPS) is 18.7. The van der Waals surface area contributed by atoms with Gasteiger partial charge in [-0.05, 0) is 12.1 Å². The Kier molecular flexibility index (Phi) is 4.99. The number of ether oxygens (including phenoxy) is 1. The van der Waals surface area contributed by atoms with Crippen LogP contribution in [-0.2, 0) is 14.8 Å². The Bertz CT molecular complexity index is 803. The van der Waals surface area contributed by atoms with Crippen molar-refractivity contribution in [1.29, 1.82) is 0 Å². The fraction of sp³-hybridized carbons (Fsp3) is 0.429. The molecule has 2 amide bonds. The molecule has 1 fully saturated rings. The second kappa shape index (κ2) is 7.01. The number of morpholine rings is 1. The fourth-order valence-corrected chi connectivity index (χ4v) is 3.78. The number of anilines is 1. The van der Waals surface area contributed by atoms with Crippen LogP contribution in [-0.4, -0.2) is 62.9 Å². The Morgan fingerprint density at radius 3 is 3.00 bits per heavy atom. The van der Waals surface area contributed by atoms with Crippen molar-refractivity contribution in [2.75, 3.05) is 37.9 Å². The van der Waals surface area contributed by atoms with E-state index in [0.717, 1.165) is 16.5 Å². The molecule has 10 heteroatoms. The number of sulfonamides is 1. The maximum atomic E-state index is 12.5. The zero-order chi connectivity index (χ0) is 17.2. The van der Waals surface area contributed by atoms with E-state index >= 15 is 0 Å². The third kappa shape index (κ3) is 4.20. The Morgan fingerprint density at radius 1 is 1.46 bits per heavy atom. The third-order valence-corrected chi connectivity index (χ3v) is 5.22. The van der Waals surface area contributed by atoms with Crippen molar-refractivity contribution in [3.05, 3.63) is 24.3 Å². The molecule has 2 heterocycles. The van der Waals surface area contributed by atoms with Crippen molar-refractivity contribution in [2.24, 2.45) is 0 Å². The monoisotopic (exact) mass is 370 g/mol. The van der Waals surface area contributed by atoms with Crippen LogP contribution in [0.4, 0.5) is 9.93 Å². The summed E-state index contributed by atoms with van der Waals surface area (Å²) < 4.78 is 31.3. The number of rotatable bonds is 4. The zero-order valence-corrected chi connectivity index (χ0v) is 14.7. The van der Waals surface area contributed by atoms with Gasteiger partial charge in [-0.15, -0.1) is 0 Å². The highest BCUT2D eigenvalue weighted by atomic mass is 32.2. The van der Waals surface area contributed by atoms with Crippen LogP contribution in [0.5, 0.6) is 0 Å². The van der Waals surface area contributed by atoms with Crippen LogP contribution in [0.2, 0.25) is 0 Å². The van der Waals surface area contributed by atoms with Crippen LogP contribution in [0.25, 0.3) is 10.2 Å². The lowest BCUT2D eigenvalue weighted by molar-refractivity contribution is 0.0176. The number of benzene rings is 1. The summed E-state index contributed by atoms with van der Waals surface area (Å²) in [5, 5.41) is 3.31. The van der Waals surface area contributed by atoms with Crippen LogP contribution in [0, 0.1) is 0 Å². The summed E-state index contributed by atoms with van der Waals surface area (Å²) in [6.45, 7) is 1.22. The van der Waals surface area contributed by atoms with Crippen LogP contribution in [0.15, 0.2) is 24.3 Å². The number of fused-ring (bicyclic) bond motifs is 1. The minimum absolute atomic E-state index is 0.117. The number of para-hydroxylation sites is 1. The summed E-state index contributed by atoms with van der Waals surface area (Å²) in [6.07, 6.45) is 1.09. The van der Waals surface area contributed by atoms with Crippen molar-refractivity contribution in [2.45, 2.75) is 6.04 Å². The molecule has 130 valence electrons. The molecule has 0 bridgehead atoms. The summed E-state index contributed by atoms with van der Waals surface area (Å²) in [7, 11) is -3.32. The number of hydrogen-bond donors (Lipinski definition) is 2. The average molecular weight is 370 g/mol. The second-order valence-corrected chi connectivity index (χ2v) is 8.32. The summed E-state index contributed by atoms with van der Waals surface area (Å²) in [5.74, 6) is 0. The summed E-state index contributed by atoms with van der Waals surface area (Å²) in [6, 6.07) is 6.97. The topological polar surface area (TPSA) is 101 Å². The molecule has 2 aromatic rings. The molecule has 0 radical (unpaired) electrons. The molecule has 0 aliphatic carbocycles. The molecule has 1 aliphatic rings. The van der Waals surface area contributed by atoms with Crippen LogP contribution in [0.3, 0.4) is 0 Å². The van der Waals surface area contributed by atoms with Gasteiger partial charge in [0.25, 0.3) is 0 Å². The number of aromatic nitrogens is 1. The van der Waals surface area contributed by atoms with E-state index < -0.39 is 10.0 Å². The molecule has 1 aliphatic heterocycles. The highest BCUT2D eigenvalue weighted by molar-refractivity contribution is 7.88. The predicted molar refractivity (Wildman–Crippen MR) is 92.8 cm³/mol. The van der Waals surface area contributed by atoms with Gasteiger partial charge in [-0.3, -0.25) is 5.32 Å². The molecule has 24 heavy (non-hydrogen) atoms. The fourth-order valence-electron chi connectivity index (χ4n) is 2.43. The van der Waals surface area contributed by atoms with Gasteiger partial charge in [0, 0.05) is 13.1 Å². The van der Waals surface area contributed by atoms with Gasteiger partial charge in [-0.2, -0.15) is 0 Å². The van der Waals surface area contributed by atoms with Gasteiger partial charge in [0.15, 0.2) is 5.13 Å². The molecule has 0 unspecified atom stereocenters. The maximum absolute atomic E-state index is 12.5. The molecule has 1 atom stereocenters. The zero-order valence-electron chi connectivity index (χ0n) is 13.1. The van der Waals surface area contributed by atoms with Crippen molar-refractivity contribution in [1.82, 2.24) is 14.6 Å². The SMILES string of the molecule is CS(=O)(=O)NC[C@H]1COCCN1C(=O)Nc1nc2ccccc2s1. The lowest BCUT2D eigenvalue weighted by Gasteiger charge is -2.35. The van der Waals surface area contributed by atoms with Gasteiger partial charge in [-0.1, -0.05) is 23.5 Å². The van der Waals surface area contributed by atoms with E-state index in [1.807, 2.05) is 24.3 Å². The van der Waals surface area contributed by atoms with Gasteiger partial charge in [0.1, 0.15) is 0 Å². The minimum atomic E-state index is -3.32. The molecular formula is C14H18N4O4S2. The van der Waals surface area contributed by atoms with Crippen molar-refractivity contribution < 1.29 is 17.9 Å². The molecule has 8 nitrogen and oxygen atoms in total. The molecule has 1 saturated heterocycles. The minimum Gasteiger partial charge on any atom is -0.377 e. The van der Waals surface area contributed by atoms with Crippen molar-refractivity contribution >= 4 is 42.7 Å². The molecular weight excluding hydrogens is 352 g/mol. The number of carbonyl (C=O) groups is 1. The number of nitrogens with zero attached hydrogens (tertiary/aromatic N) is 2. The van der Waals surface area contributed by atoms with Crippen molar-refractivity contribution in [3.63, 3.8) is 0 Å². The Balaban J connectivity index is 1.69. The molecule has 0 spiro atoms. The average Bonchev–Trinajstić information content (AvgIpc) is 2.94. The number of hydrogen-bond acceptors (Lipinski definition) is 6. The first-order chi connectivity index (χ1) is 11.4. The van der Waals surface area contributed by atoms with E-state index in [0.29, 0.717) is 18.3 Å². The van der Waals surface area contributed by atoms with E-state index in [1.54, 1.807) is 4.90 Å². The van der Waals surface area contributed by atoms with E-state index in [1.165, 1.54) is 11.3 Å². The number of carbonyl (C=O) groups excluding carboxylic acids is 1. The van der Waals surface area contributed by atoms with E-state index in [-0.39, 0.29) is 25.2 Å². The van der Waals surface area contributed by atoms with Crippen LogP contribution >= 0.6 is 11.3 Å². The van der Waals surface area contributed by atoms with Gasteiger partial charge in [-0.25, -0.2) is 22.9 Å². The number of nitrogens with one attached hydrogen (secondary N) is 2.